The van der Waals surface area contributed by atoms with Crippen molar-refractivity contribution in [2.45, 2.75) is 39.3 Å². The Morgan fingerprint density at radius 1 is 1.23 bits per heavy atom. The van der Waals surface area contributed by atoms with Gasteiger partial charge >= 0.3 is 6.18 Å². The third kappa shape index (κ3) is 3.81. The summed E-state index contributed by atoms with van der Waals surface area (Å²) >= 11 is 0. The third-order valence-corrected chi connectivity index (χ3v) is 5.59. The summed E-state index contributed by atoms with van der Waals surface area (Å²) in [7, 11) is 0. The number of hydrogen-bond acceptors (Lipinski definition) is 5. The molecule has 1 aliphatic heterocycles. The van der Waals surface area contributed by atoms with Crippen molar-refractivity contribution in [2.24, 2.45) is 0 Å². The lowest BCUT2D eigenvalue weighted by atomic mass is 10.0. The fraction of sp³-hybridized carbons (Fsp3) is 0.318. The van der Waals surface area contributed by atoms with Gasteiger partial charge in [-0.05, 0) is 49.7 Å². The number of pyridine rings is 2. The van der Waals surface area contributed by atoms with Crippen LogP contribution in [0.4, 0.5) is 19.0 Å². The largest absolute Gasteiger partial charge is 0.417 e. The molecule has 9 heteroatoms. The van der Waals surface area contributed by atoms with E-state index in [-0.39, 0.29) is 5.91 Å². The Morgan fingerprint density at radius 2 is 1.97 bits per heavy atom. The number of benzene rings is 1. The quantitative estimate of drug-likeness (QED) is 0.660. The molecule has 0 bridgehead atoms. The summed E-state index contributed by atoms with van der Waals surface area (Å²) in [4.78, 5) is 23.2. The first-order valence-electron chi connectivity index (χ1n) is 9.83. The average Bonchev–Trinajstić information content (AvgIpc) is 3.24. The molecule has 0 spiro atoms. The minimum atomic E-state index is -4.46. The summed E-state index contributed by atoms with van der Waals surface area (Å²) in [6.07, 6.45) is -3.67. The van der Waals surface area contributed by atoms with Gasteiger partial charge in [0.15, 0.2) is 0 Å². The molecule has 3 heterocycles. The van der Waals surface area contributed by atoms with Crippen molar-refractivity contribution in [2.75, 3.05) is 12.3 Å². The summed E-state index contributed by atoms with van der Waals surface area (Å²) in [5.74, 6) is 0.180. The molecule has 2 aromatic heterocycles. The highest BCUT2D eigenvalue weighted by molar-refractivity contribution is 5.99. The minimum Gasteiger partial charge on any atom is -0.383 e. The average molecular weight is 430 g/mol. The van der Waals surface area contributed by atoms with E-state index >= 15 is 0 Å². The van der Waals surface area contributed by atoms with Crippen molar-refractivity contribution in [1.82, 2.24) is 14.9 Å². The van der Waals surface area contributed by atoms with Crippen molar-refractivity contribution in [3.63, 3.8) is 0 Å². The van der Waals surface area contributed by atoms with Crippen LogP contribution in [0.2, 0.25) is 0 Å². The second kappa shape index (κ2) is 7.81. The molecule has 0 saturated carbocycles. The van der Waals surface area contributed by atoms with Crippen LogP contribution in [0.3, 0.4) is 0 Å². The molecule has 0 radical (unpaired) electrons. The Hall–Kier alpha value is -3.20. The van der Waals surface area contributed by atoms with Crippen LogP contribution in [0.25, 0.3) is 10.9 Å². The number of anilines is 1. The number of halogens is 3. The lowest BCUT2D eigenvalue weighted by Crippen LogP contribution is -2.34. The first-order valence-corrected chi connectivity index (χ1v) is 9.83. The summed E-state index contributed by atoms with van der Waals surface area (Å²) in [6, 6.07) is 6.97. The van der Waals surface area contributed by atoms with E-state index in [1.165, 1.54) is 6.07 Å². The molecule has 0 aliphatic carbocycles. The Kier molecular flexibility index (Phi) is 5.30. The summed E-state index contributed by atoms with van der Waals surface area (Å²) in [6.45, 7) is 4.71. The van der Waals surface area contributed by atoms with Gasteiger partial charge in [0.1, 0.15) is 5.82 Å². The number of nitrogens with two attached hydrogens (primary N) is 1. The van der Waals surface area contributed by atoms with Crippen molar-refractivity contribution >= 4 is 22.6 Å². The van der Waals surface area contributed by atoms with Gasteiger partial charge in [0.2, 0.25) is 0 Å². The van der Waals surface area contributed by atoms with Crippen LogP contribution < -0.4 is 5.73 Å². The predicted octanol–water partition coefficient (Wildman–Crippen LogP) is 4.48. The highest BCUT2D eigenvalue weighted by Gasteiger charge is 2.31. The van der Waals surface area contributed by atoms with E-state index in [1.807, 2.05) is 6.92 Å². The lowest BCUT2D eigenvalue weighted by molar-refractivity contribution is -0.137. The molecule has 6 nitrogen and oxygen atoms in total. The first kappa shape index (κ1) is 21.0. The van der Waals surface area contributed by atoms with Gasteiger partial charge in [-0.3, -0.25) is 9.78 Å². The molecule has 2 N–H and O–H groups in total. The van der Waals surface area contributed by atoms with Crippen LogP contribution in [0.5, 0.6) is 0 Å². The molecule has 4 rings (SSSR count). The summed E-state index contributed by atoms with van der Waals surface area (Å²) in [5.41, 5.74) is 8.46. The Balaban J connectivity index is 1.65. The molecule has 162 valence electrons. The smallest absolute Gasteiger partial charge is 0.383 e. The number of rotatable bonds is 4. The lowest BCUT2D eigenvalue weighted by Gasteiger charge is -2.28. The van der Waals surface area contributed by atoms with Gasteiger partial charge in [-0.15, -0.1) is 0 Å². The van der Waals surface area contributed by atoms with E-state index in [0.717, 1.165) is 28.8 Å². The number of alkyl halides is 3. The van der Waals surface area contributed by atoms with Gasteiger partial charge in [0.25, 0.3) is 5.91 Å². The monoisotopic (exact) mass is 430 g/mol. The standard InChI is InChI=1S/C22H21F3N4O2/c1-3-29(12(2)18-7-5-14(9-27-18)22(23,24)25)21(30)13-4-6-19-15(8-13)16-10-31-11-17(16)20(26)28-19/h4-9,12H,3,10-11H2,1-2H3,(H2,26,28)/t12-/m0/s1. The number of carbonyl (C=O) groups excluding carboxylic acids is 1. The number of nitrogen functional groups attached to an aromatic ring is 1. The summed E-state index contributed by atoms with van der Waals surface area (Å²) in [5, 5.41) is 0.809. The van der Waals surface area contributed by atoms with Crippen molar-refractivity contribution in [3.8, 4) is 0 Å². The second-order valence-corrected chi connectivity index (χ2v) is 7.42. The highest BCUT2D eigenvalue weighted by atomic mass is 19.4. The fourth-order valence-electron chi connectivity index (χ4n) is 3.84. The van der Waals surface area contributed by atoms with Crippen LogP contribution >= 0.6 is 0 Å². The topological polar surface area (TPSA) is 81.3 Å². The van der Waals surface area contributed by atoms with Crippen LogP contribution in [0.1, 0.15) is 52.6 Å². The number of hydrogen-bond donors (Lipinski definition) is 1. The van der Waals surface area contributed by atoms with E-state index in [9.17, 15) is 18.0 Å². The molecule has 3 aromatic rings. The van der Waals surface area contributed by atoms with Crippen LogP contribution in [0, 0.1) is 0 Å². The van der Waals surface area contributed by atoms with Gasteiger partial charge in [-0.2, -0.15) is 13.2 Å². The normalized spacial score (nSPS) is 14.5. The molecule has 1 aromatic carbocycles. The zero-order chi connectivity index (χ0) is 22.3. The fourth-order valence-corrected chi connectivity index (χ4v) is 3.84. The molecule has 0 fully saturated rings. The van der Waals surface area contributed by atoms with Gasteiger partial charge in [-0.1, -0.05) is 0 Å². The highest BCUT2D eigenvalue weighted by Crippen LogP contribution is 2.33. The van der Waals surface area contributed by atoms with E-state index in [0.29, 0.717) is 42.4 Å². The van der Waals surface area contributed by atoms with Crippen molar-refractivity contribution in [1.29, 1.82) is 0 Å². The number of ether oxygens (including phenoxy) is 1. The van der Waals surface area contributed by atoms with Gasteiger partial charge in [-0.25, -0.2) is 4.98 Å². The molecule has 1 atom stereocenters. The minimum absolute atomic E-state index is 0.247. The maximum Gasteiger partial charge on any atom is 0.417 e. The van der Waals surface area contributed by atoms with Crippen LogP contribution in [0.15, 0.2) is 36.5 Å². The number of fused-ring (bicyclic) bond motifs is 3. The maximum atomic E-state index is 13.3. The maximum absolute atomic E-state index is 13.3. The Labute approximate surface area is 176 Å². The molecule has 1 aliphatic rings. The van der Waals surface area contributed by atoms with Crippen molar-refractivity contribution in [3.05, 3.63) is 64.5 Å². The van der Waals surface area contributed by atoms with E-state index in [4.69, 9.17) is 10.5 Å². The van der Waals surface area contributed by atoms with E-state index in [1.54, 1.807) is 30.0 Å². The predicted molar refractivity (Wildman–Crippen MR) is 109 cm³/mol. The number of nitrogens with zero attached hydrogens (tertiary/aromatic N) is 3. The molecular weight excluding hydrogens is 409 g/mol. The summed E-state index contributed by atoms with van der Waals surface area (Å²) < 4.78 is 43.9. The van der Waals surface area contributed by atoms with Crippen molar-refractivity contribution < 1.29 is 22.7 Å². The second-order valence-electron chi connectivity index (χ2n) is 7.42. The van der Waals surface area contributed by atoms with E-state index in [2.05, 4.69) is 9.97 Å². The molecular formula is C22H21F3N4O2. The Bertz CT molecular complexity index is 1150. The third-order valence-electron chi connectivity index (χ3n) is 5.59. The van der Waals surface area contributed by atoms with Gasteiger partial charge in [0.05, 0.1) is 36.0 Å². The number of amides is 1. The van der Waals surface area contributed by atoms with Crippen LogP contribution in [-0.2, 0) is 24.1 Å². The molecule has 31 heavy (non-hydrogen) atoms. The number of carbonyl (C=O) groups is 1. The SMILES string of the molecule is CCN(C(=O)c1ccc2nc(N)c3c(c2c1)COC3)[C@@H](C)c1ccc(C(F)(F)F)cn1. The first-order chi connectivity index (χ1) is 14.7. The molecule has 0 saturated heterocycles. The Morgan fingerprint density at radius 3 is 2.61 bits per heavy atom. The molecule has 1 amide bonds. The zero-order valence-corrected chi connectivity index (χ0v) is 17.0. The van der Waals surface area contributed by atoms with Crippen LogP contribution in [-0.4, -0.2) is 27.3 Å². The van der Waals surface area contributed by atoms with Gasteiger partial charge in [0, 0.05) is 29.3 Å². The zero-order valence-electron chi connectivity index (χ0n) is 17.0. The molecule has 0 unspecified atom stereocenters. The van der Waals surface area contributed by atoms with E-state index < -0.39 is 17.8 Å². The van der Waals surface area contributed by atoms with Gasteiger partial charge < -0.3 is 15.4 Å². The number of aromatic nitrogens is 2.